The Morgan fingerprint density at radius 3 is 2.50 bits per heavy atom. The van der Waals surface area contributed by atoms with Gasteiger partial charge in [-0.3, -0.25) is 0 Å². The third kappa shape index (κ3) is 3.54. The first kappa shape index (κ1) is 21.4. The summed E-state index contributed by atoms with van der Waals surface area (Å²) in [6.45, 7) is 3.48. The average molecular weight is 435 g/mol. The summed E-state index contributed by atoms with van der Waals surface area (Å²) in [6, 6.07) is 3.32. The Bertz CT molecular complexity index is 1010. The number of rotatable bonds is 7. The molecular weight excluding hydrogens is 414 g/mol. The number of ether oxygens (including phenoxy) is 5. The standard InChI is InChI=1S/C20H21NO8S/c1-6-28-18(22)12-9(2)15(20(24)27-5)30-17(12)21-16-10-7-8-11(25-3)14(26-4)13(10)19(23)29-16/h7-8,16,21H,6H2,1-5H3/t16-/m1/s1. The van der Waals surface area contributed by atoms with Crippen LogP contribution in [0.25, 0.3) is 0 Å². The Labute approximate surface area is 176 Å². The second-order valence-electron chi connectivity index (χ2n) is 6.17. The van der Waals surface area contributed by atoms with E-state index in [-0.39, 0.29) is 28.4 Å². The number of carbonyl (C=O) groups excluding carboxylic acids is 3. The van der Waals surface area contributed by atoms with Gasteiger partial charge in [0, 0.05) is 5.56 Å². The van der Waals surface area contributed by atoms with E-state index in [4.69, 9.17) is 23.7 Å². The number of nitrogens with one attached hydrogen (secondary N) is 1. The number of esters is 3. The molecule has 0 saturated carbocycles. The molecule has 0 fully saturated rings. The molecule has 1 aromatic heterocycles. The van der Waals surface area contributed by atoms with Crippen molar-refractivity contribution in [3.8, 4) is 11.5 Å². The van der Waals surface area contributed by atoms with Crippen LogP contribution in [0.15, 0.2) is 12.1 Å². The van der Waals surface area contributed by atoms with E-state index in [2.05, 4.69) is 5.32 Å². The minimum Gasteiger partial charge on any atom is -0.493 e. The predicted octanol–water partition coefficient (Wildman–Crippen LogP) is 3.32. The largest absolute Gasteiger partial charge is 0.493 e. The number of methoxy groups -OCH3 is 3. The fraction of sp³-hybridized carbons (Fsp3) is 0.350. The van der Waals surface area contributed by atoms with Crippen molar-refractivity contribution in [2.24, 2.45) is 0 Å². The highest BCUT2D eigenvalue weighted by Gasteiger charge is 2.37. The Morgan fingerprint density at radius 2 is 1.90 bits per heavy atom. The van der Waals surface area contributed by atoms with Gasteiger partial charge in [-0.25, -0.2) is 14.4 Å². The maximum Gasteiger partial charge on any atom is 0.348 e. The Balaban J connectivity index is 2.05. The molecule has 1 N–H and O–H groups in total. The molecule has 2 heterocycles. The maximum atomic E-state index is 12.5. The maximum absolute atomic E-state index is 12.5. The van der Waals surface area contributed by atoms with Crippen molar-refractivity contribution >= 4 is 34.2 Å². The number of thiophene rings is 1. The van der Waals surface area contributed by atoms with Crippen LogP contribution < -0.4 is 14.8 Å². The summed E-state index contributed by atoms with van der Waals surface area (Å²) in [6.07, 6.45) is -0.899. The van der Waals surface area contributed by atoms with Crippen molar-refractivity contribution in [2.75, 3.05) is 33.3 Å². The highest BCUT2D eigenvalue weighted by molar-refractivity contribution is 7.18. The van der Waals surface area contributed by atoms with Crippen LogP contribution in [0.4, 0.5) is 5.00 Å². The molecule has 1 aliphatic heterocycles. The second-order valence-corrected chi connectivity index (χ2v) is 7.19. The first-order valence-electron chi connectivity index (χ1n) is 8.99. The molecule has 0 spiro atoms. The summed E-state index contributed by atoms with van der Waals surface area (Å²) >= 11 is 1.02. The molecule has 0 bridgehead atoms. The molecule has 3 rings (SSSR count). The van der Waals surface area contributed by atoms with Gasteiger partial charge in [0.05, 0.1) is 33.5 Å². The molecule has 9 nitrogen and oxygen atoms in total. The fourth-order valence-corrected chi connectivity index (χ4v) is 4.31. The lowest BCUT2D eigenvalue weighted by molar-refractivity contribution is 0.0435. The SMILES string of the molecule is CCOC(=O)c1c(N[C@@H]2OC(=O)c3c2ccc(OC)c3OC)sc(C(=O)OC)c1C. The Kier molecular flexibility index (Phi) is 6.16. The second kappa shape index (κ2) is 8.62. The number of carbonyl (C=O) groups is 3. The molecule has 0 aliphatic carbocycles. The zero-order valence-corrected chi connectivity index (χ0v) is 17.9. The smallest absolute Gasteiger partial charge is 0.348 e. The van der Waals surface area contributed by atoms with E-state index in [1.54, 1.807) is 26.0 Å². The van der Waals surface area contributed by atoms with E-state index in [9.17, 15) is 14.4 Å². The fourth-order valence-electron chi connectivity index (χ4n) is 3.18. The van der Waals surface area contributed by atoms with E-state index in [1.165, 1.54) is 21.3 Å². The van der Waals surface area contributed by atoms with Crippen molar-refractivity contribution in [2.45, 2.75) is 20.1 Å². The normalized spacial score (nSPS) is 14.6. The van der Waals surface area contributed by atoms with E-state index in [1.807, 2.05) is 0 Å². The van der Waals surface area contributed by atoms with E-state index < -0.39 is 24.1 Å². The van der Waals surface area contributed by atoms with Gasteiger partial charge in [0.2, 0.25) is 6.23 Å². The molecule has 10 heteroatoms. The highest BCUT2D eigenvalue weighted by Crippen LogP contribution is 2.44. The molecule has 0 amide bonds. The first-order valence-corrected chi connectivity index (χ1v) is 9.80. The number of anilines is 1. The summed E-state index contributed by atoms with van der Waals surface area (Å²) in [5.74, 6) is -1.13. The van der Waals surface area contributed by atoms with Crippen LogP contribution in [0.1, 0.15) is 54.7 Å². The molecule has 1 aliphatic rings. The number of hydrogen-bond acceptors (Lipinski definition) is 10. The number of benzene rings is 1. The van der Waals surface area contributed by atoms with Gasteiger partial charge >= 0.3 is 17.9 Å². The Morgan fingerprint density at radius 1 is 1.17 bits per heavy atom. The lowest BCUT2D eigenvalue weighted by atomic mass is 10.1. The van der Waals surface area contributed by atoms with Gasteiger partial charge in [0.15, 0.2) is 11.5 Å². The number of cyclic esters (lactones) is 1. The lowest BCUT2D eigenvalue weighted by Crippen LogP contribution is -2.13. The molecular formula is C20H21NO8S. The van der Waals surface area contributed by atoms with E-state index in [0.29, 0.717) is 21.9 Å². The highest BCUT2D eigenvalue weighted by atomic mass is 32.1. The van der Waals surface area contributed by atoms with Crippen LogP contribution in [0.2, 0.25) is 0 Å². The molecule has 160 valence electrons. The van der Waals surface area contributed by atoms with Gasteiger partial charge in [0.25, 0.3) is 0 Å². The first-order chi connectivity index (χ1) is 14.4. The monoisotopic (exact) mass is 435 g/mol. The number of fused-ring (bicyclic) bond motifs is 1. The van der Waals surface area contributed by atoms with Crippen molar-refractivity contribution in [3.05, 3.63) is 39.3 Å². The lowest BCUT2D eigenvalue weighted by Gasteiger charge is -2.15. The quantitative estimate of drug-likeness (QED) is 0.517. The zero-order chi connectivity index (χ0) is 22.0. The van der Waals surface area contributed by atoms with E-state index >= 15 is 0 Å². The average Bonchev–Trinajstić information content (AvgIpc) is 3.23. The summed E-state index contributed by atoms with van der Waals surface area (Å²) in [4.78, 5) is 37.4. The molecule has 1 aromatic carbocycles. The molecule has 0 unspecified atom stereocenters. The van der Waals surface area contributed by atoms with Crippen molar-refractivity contribution in [1.82, 2.24) is 0 Å². The topological polar surface area (TPSA) is 109 Å². The van der Waals surface area contributed by atoms with Gasteiger partial charge in [-0.2, -0.15) is 0 Å². The van der Waals surface area contributed by atoms with Crippen molar-refractivity contribution < 1.29 is 38.1 Å². The molecule has 0 radical (unpaired) electrons. The van der Waals surface area contributed by atoms with Crippen LogP contribution in [-0.2, 0) is 14.2 Å². The van der Waals surface area contributed by atoms with Crippen LogP contribution in [-0.4, -0.2) is 45.8 Å². The van der Waals surface area contributed by atoms with Crippen LogP contribution in [0, 0.1) is 6.92 Å². The summed E-state index contributed by atoms with van der Waals surface area (Å²) in [5.41, 5.74) is 1.35. The van der Waals surface area contributed by atoms with Gasteiger partial charge in [-0.1, -0.05) is 0 Å². The predicted molar refractivity (Wildman–Crippen MR) is 108 cm³/mol. The molecule has 1 atom stereocenters. The van der Waals surface area contributed by atoms with Crippen LogP contribution in [0.5, 0.6) is 11.5 Å². The molecule has 2 aromatic rings. The zero-order valence-electron chi connectivity index (χ0n) is 17.1. The Hall–Kier alpha value is -3.27. The summed E-state index contributed by atoms with van der Waals surface area (Å²) < 4.78 is 26.0. The number of hydrogen-bond donors (Lipinski definition) is 1. The third-order valence-corrected chi connectivity index (χ3v) is 5.75. The molecule has 30 heavy (non-hydrogen) atoms. The summed E-state index contributed by atoms with van der Waals surface area (Å²) in [5, 5.41) is 3.36. The van der Waals surface area contributed by atoms with Gasteiger partial charge in [-0.05, 0) is 31.5 Å². The van der Waals surface area contributed by atoms with Crippen molar-refractivity contribution in [3.63, 3.8) is 0 Å². The van der Waals surface area contributed by atoms with Gasteiger partial charge in [0.1, 0.15) is 15.4 Å². The molecule has 0 saturated heterocycles. The van der Waals surface area contributed by atoms with Gasteiger partial charge in [-0.15, -0.1) is 11.3 Å². The third-order valence-electron chi connectivity index (χ3n) is 4.55. The minimum atomic E-state index is -0.899. The van der Waals surface area contributed by atoms with Crippen molar-refractivity contribution in [1.29, 1.82) is 0 Å². The van der Waals surface area contributed by atoms with E-state index in [0.717, 1.165) is 11.3 Å². The van der Waals surface area contributed by atoms with Crippen LogP contribution >= 0.6 is 11.3 Å². The minimum absolute atomic E-state index is 0.166. The van der Waals surface area contributed by atoms with Gasteiger partial charge < -0.3 is 29.0 Å². The van der Waals surface area contributed by atoms with Crippen LogP contribution in [0.3, 0.4) is 0 Å². The summed E-state index contributed by atoms with van der Waals surface area (Å²) in [7, 11) is 4.15.